The minimum absolute atomic E-state index is 0.124. The van der Waals surface area contributed by atoms with Crippen molar-refractivity contribution in [2.45, 2.75) is 70.0 Å². The summed E-state index contributed by atoms with van der Waals surface area (Å²) in [6.07, 6.45) is 8.62. The fourth-order valence-electron chi connectivity index (χ4n) is 4.14. The van der Waals surface area contributed by atoms with Crippen LogP contribution in [0.25, 0.3) is 0 Å². The van der Waals surface area contributed by atoms with Crippen molar-refractivity contribution in [2.75, 3.05) is 18.9 Å². The molecule has 0 saturated heterocycles. The van der Waals surface area contributed by atoms with E-state index in [0.29, 0.717) is 12.0 Å². The molecule has 0 bridgehead atoms. The first kappa shape index (κ1) is 19.7. The van der Waals surface area contributed by atoms with E-state index in [-0.39, 0.29) is 12.5 Å². The third-order valence-corrected chi connectivity index (χ3v) is 6.10. The van der Waals surface area contributed by atoms with Gasteiger partial charge in [0.1, 0.15) is 5.54 Å². The Bertz CT molecular complexity index is 688. The molecule has 0 heterocycles. The Hall–Kier alpha value is -2.06. The monoisotopic (exact) mass is 368 g/mol. The van der Waals surface area contributed by atoms with E-state index in [1.54, 1.807) is 0 Å². The lowest BCUT2D eigenvalue weighted by atomic mass is 9.94. The average Bonchev–Trinajstić information content (AvgIpc) is 3.54. The highest BCUT2D eigenvalue weighted by atomic mass is 16.2. The van der Waals surface area contributed by atoms with Gasteiger partial charge in [-0.25, -0.2) is 0 Å². The topological polar surface area (TPSA) is 68.2 Å². The molecule has 2 N–H and O–H groups in total. The molecule has 1 aromatic carbocycles. The number of rotatable bonds is 8. The number of nitrogens with zero attached hydrogens (tertiary/aromatic N) is 2. The first-order chi connectivity index (χ1) is 13.0. The van der Waals surface area contributed by atoms with E-state index < -0.39 is 5.54 Å². The van der Waals surface area contributed by atoms with Crippen LogP contribution in [-0.4, -0.2) is 36.0 Å². The van der Waals surface area contributed by atoms with Crippen molar-refractivity contribution in [2.24, 2.45) is 5.92 Å². The summed E-state index contributed by atoms with van der Waals surface area (Å²) in [7, 11) is 2.20. The molecule has 0 radical (unpaired) electrons. The summed E-state index contributed by atoms with van der Waals surface area (Å²) in [6.45, 7) is 2.90. The van der Waals surface area contributed by atoms with Crippen molar-refractivity contribution in [3.63, 3.8) is 0 Å². The van der Waals surface area contributed by atoms with E-state index in [1.807, 2.05) is 19.1 Å². The molecular formula is C22H32N4O. The van der Waals surface area contributed by atoms with Gasteiger partial charge in [-0.2, -0.15) is 5.26 Å². The molecule has 1 aromatic rings. The molecule has 2 fully saturated rings. The number of hydrogen-bond acceptors (Lipinski definition) is 4. The highest BCUT2D eigenvalue weighted by Crippen LogP contribution is 2.39. The van der Waals surface area contributed by atoms with Crippen LogP contribution in [0, 0.1) is 17.2 Å². The van der Waals surface area contributed by atoms with Crippen molar-refractivity contribution in [3.05, 3.63) is 29.8 Å². The van der Waals surface area contributed by atoms with Crippen LogP contribution in [-0.2, 0) is 11.3 Å². The predicted octanol–water partition coefficient (Wildman–Crippen LogP) is 3.67. The lowest BCUT2D eigenvalue weighted by Crippen LogP contribution is -2.48. The molecule has 2 saturated carbocycles. The third-order valence-electron chi connectivity index (χ3n) is 6.10. The second kappa shape index (κ2) is 8.75. The Morgan fingerprint density at radius 1 is 1.22 bits per heavy atom. The summed E-state index contributed by atoms with van der Waals surface area (Å²) in [5, 5.41) is 15.6. The van der Waals surface area contributed by atoms with Gasteiger partial charge in [0.2, 0.25) is 5.91 Å². The van der Waals surface area contributed by atoms with Gasteiger partial charge in [-0.05, 0) is 57.2 Å². The predicted molar refractivity (Wildman–Crippen MR) is 108 cm³/mol. The zero-order valence-electron chi connectivity index (χ0n) is 16.6. The zero-order valence-corrected chi connectivity index (χ0v) is 16.6. The first-order valence-electron chi connectivity index (χ1n) is 10.3. The van der Waals surface area contributed by atoms with E-state index in [9.17, 15) is 10.1 Å². The minimum Gasteiger partial charge on any atom is -0.376 e. The number of amides is 1. The molecule has 5 heteroatoms. The average molecular weight is 369 g/mol. The molecule has 1 amide bonds. The van der Waals surface area contributed by atoms with Crippen LogP contribution >= 0.6 is 0 Å². The quantitative estimate of drug-likeness (QED) is 0.735. The van der Waals surface area contributed by atoms with E-state index in [0.717, 1.165) is 25.1 Å². The molecule has 27 heavy (non-hydrogen) atoms. The lowest BCUT2D eigenvalue weighted by molar-refractivity contribution is -0.120. The maximum absolute atomic E-state index is 12.4. The molecule has 3 rings (SSSR count). The molecule has 0 spiro atoms. The highest BCUT2D eigenvalue weighted by Gasteiger charge is 2.42. The Kier molecular flexibility index (Phi) is 6.38. The first-order valence-corrected chi connectivity index (χ1v) is 10.3. The SMILES string of the molecule is CN(Cc1ccccc1NCC(=O)N[C@](C)(C#N)C1CC1)C1CCCCC1. The molecule has 0 aromatic heterocycles. The number of benzene rings is 1. The summed E-state index contributed by atoms with van der Waals surface area (Å²) in [6, 6.07) is 11.1. The fourth-order valence-corrected chi connectivity index (χ4v) is 4.14. The summed E-state index contributed by atoms with van der Waals surface area (Å²) < 4.78 is 0. The Morgan fingerprint density at radius 2 is 1.93 bits per heavy atom. The number of anilines is 1. The highest BCUT2D eigenvalue weighted by molar-refractivity contribution is 5.82. The Labute approximate surface area is 163 Å². The Morgan fingerprint density at radius 3 is 2.59 bits per heavy atom. The summed E-state index contributed by atoms with van der Waals surface area (Å²) >= 11 is 0. The maximum Gasteiger partial charge on any atom is 0.240 e. The fraction of sp³-hybridized carbons (Fsp3) is 0.636. The summed E-state index contributed by atoms with van der Waals surface area (Å²) in [5.41, 5.74) is 1.48. The van der Waals surface area contributed by atoms with Crippen molar-refractivity contribution < 1.29 is 4.79 Å². The second-order valence-electron chi connectivity index (χ2n) is 8.35. The summed E-state index contributed by atoms with van der Waals surface area (Å²) in [5.74, 6) is 0.171. The lowest BCUT2D eigenvalue weighted by Gasteiger charge is -2.31. The van der Waals surface area contributed by atoms with Crippen molar-refractivity contribution in [3.8, 4) is 6.07 Å². The van der Waals surface area contributed by atoms with Crippen LogP contribution in [0.2, 0.25) is 0 Å². The molecule has 2 aliphatic rings. The molecular weight excluding hydrogens is 336 g/mol. The van der Waals surface area contributed by atoms with Crippen LogP contribution < -0.4 is 10.6 Å². The second-order valence-corrected chi connectivity index (χ2v) is 8.35. The van der Waals surface area contributed by atoms with Gasteiger partial charge in [-0.3, -0.25) is 9.69 Å². The van der Waals surface area contributed by atoms with Crippen molar-refractivity contribution in [1.82, 2.24) is 10.2 Å². The minimum atomic E-state index is -0.737. The zero-order chi connectivity index (χ0) is 19.3. The number of nitriles is 1. The largest absolute Gasteiger partial charge is 0.376 e. The van der Waals surface area contributed by atoms with Gasteiger partial charge in [0, 0.05) is 18.3 Å². The van der Waals surface area contributed by atoms with Crippen LogP contribution in [0.15, 0.2) is 24.3 Å². The van der Waals surface area contributed by atoms with Gasteiger partial charge >= 0.3 is 0 Å². The van der Waals surface area contributed by atoms with Gasteiger partial charge in [0.15, 0.2) is 0 Å². The third kappa shape index (κ3) is 5.23. The maximum atomic E-state index is 12.4. The van der Waals surface area contributed by atoms with Crippen LogP contribution in [0.5, 0.6) is 0 Å². The summed E-state index contributed by atoms with van der Waals surface area (Å²) in [4.78, 5) is 14.8. The number of carbonyl (C=O) groups is 1. The molecule has 2 aliphatic carbocycles. The van der Waals surface area contributed by atoms with E-state index in [1.165, 1.54) is 37.7 Å². The van der Waals surface area contributed by atoms with Crippen LogP contribution in [0.4, 0.5) is 5.69 Å². The van der Waals surface area contributed by atoms with Crippen LogP contribution in [0.1, 0.15) is 57.4 Å². The standard InChI is InChI=1S/C22H32N4O/c1-22(16-23,18-12-13-18)25-21(27)14-24-20-11-7-6-8-17(20)15-26(2)19-9-4-3-5-10-19/h6-8,11,18-19,24H,3-5,9-10,12-15H2,1-2H3,(H,25,27)/t22-/m1/s1. The number of carbonyl (C=O) groups excluding carboxylic acids is 1. The van der Waals surface area contributed by atoms with Gasteiger partial charge in [-0.1, -0.05) is 37.5 Å². The Balaban J connectivity index is 1.55. The van der Waals surface area contributed by atoms with E-state index in [4.69, 9.17) is 0 Å². The number of para-hydroxylation sites is 1. The molecule has 146 valence electrons. The molecule has 0 unspecified atom stereocenters. The van der Waals surface area contributed by atoms with Gasteiger partial charge < -0.3 is 10.6 Å². The van der Waals surface area contributed by atoms with Crippen molar-refractivity contribution in [1.29, 1.82) is 5.26 Å². The normalized spacial score (nSPS) is 19.9. The van der Waals surface area contributed by atoms with E-state index in [2.05, 4.69) is 40.8 Å². The smallest absolute Gasteiger partial charge is 0.240 e. The number of nitrogens with one attached hydrogen (secondary N) is 2. The van der Waals surface area contributed by atoms with E-state index >= 15 is 0 Å². The van der Waals surface area contributed by atoms with Crippen molar-refractivity contribution >= 4 is 11.6 Å². The van der Waals surface area contributed by atoms with Gasteiger partial charge in [0.05, 0.1) is 12.6 Å². The van der Waals surface area contributed by atoms with Gasteiger partial charge in [0.25, 0.3) is 0 Å². The number of hydrogen-bond donors (Lipinski definition) is 2. The molecule has 1 atom stereocenters. The van der Waals surface area contributed by atoms with Crippen LogP contribution in [0.3, 0.4) is 0 Å². The van der Waals surface area contributed by atoms with Gasteiger partial charge in [-0.15, -0.1) is 0 Å². The molecule has 0 aliphatic heterocycles. The molecule has 5 nitrogen and oxygen atoms in total.